The number of carbonyl (C=O) groups is 2. The lowest BCUT2D eigenvalue weighted by Gasteiger charge is -2.25. The molecule has 2 aromatic rings. The standard InChI is InChI=1S/C16H13FN2O3/c1-9-15(20)19-14-12(6-3-7-13(14)22-9)18-16(21)10-4-2-5-11(17)8-10/h2-9H,1H3,(H,18,21)(H,19,20). The summed E-state index contributed by atoms with van der Waals surface area (Å²) in [5.41, 5.74) is 0.983. The smallest absolute Gasteiger partial charge is 0.265 e. The number of hydrogen-bond donors (Lipinski definition) is 2. The van der Waals surface area contributed by atoms with Crippen molar-refractivity contribution in [2.24, 2.45) is 0 Å². The number of carbonyl (C=O) groups excluding carboxylic acids is 2. The Kier molecular flexibility index (Phi) is 3.50. The van der Waals surface area contributed by atoms with Crippen molar-refractivity contribution >= 4 is 23.2 Å². The second-order valence-corrected chi connectivity index (χ2v) is 4.89. The van der Waals surface area contributed by atoms with Crippen molar-refractivity contribution in [3.05, 3.63) is 53.8 Å². The number of para-hydroxylation sites is 1. The number of halogens is 1. The molecule has 0 spiro atoms. The van der Waals surface area contributed by atoms with E-state index in [0.717, 1.165) is 6.07 Å². The highest BCUT2D eigenvalue weighted by Gasteiger charge is 2.26. The molecule has 1 unspecified atom stereocenters. The third-order valence-electron chi connectivity index (χ3n) is 3.28. The van der Waals surface area contributed by atoms with E-state index in [4.69, 9.17) is 4.74 Å². The van der Waals surface area contributed by atoms with Gasteiger partial charge in [0, 0.05) is 5.56 Å². The molecule has 0 saturated carbocycles. The molecule has 0 aliphatic carbocycles. The van der Waals surface area contributed by atoms with Gasteiger partial charge < -0.3 is 15.4 Å². The van der Waals surface area contributed by atoms with Crippen molar-refractivity contribution in [2.45, 2.75) is 13.0 Å². The molecule has 1 atom stereocenters. The Morgan fingerprint density at radius 1 is 1.27 bits per heavy atom. The first-order valence-electron chi connectivity index (χ1n) is 6.72. The van der Waals surface area contributed by atoms with Crippen LogP contribution in [0.1, 0.15) is 17.3 Å². The van der Waals surface area contributed by atoms with Gasteiger partial charge in [-0.15, -0.1) is 0 Å². The molecule has 112 valence electrons. The van der Waals surface area contributed by atoms with Gasteiger partial charge in [-0.05, 0) is 37.3 Å². The molecule has 0 aromatic heterocycles. The monoisotopic (exact) mass is 300 g/mol. The highest BCUT2D eigenvalue weighted by molar-refractivity contribution is 6.09. The van der Waals surface area contributed by atoms with Crippen LogP contribution in [-0.4, -0.2) is 17.9 Å². The first kappa shape index (κ1) is 14.1. The molecule has 1 heterocycles. The van der Waals surface area contributed by atoms with Crippen molar-refractivity contribution in [2.75, 3.05) is 10.6 Å². The maximum absolute atomic E-state index is 13.2. The molecule has 3 rings (SSSR count). The fourth-order valence-corrected chi connectivity index (χ4v) is 2.16. The SMILES string of the molecule is CC1Oc2cccc(NC(=O)c3cccc(F)c3)c2NC1=O. The molecule has 2 aromatic carbocycles. The van der Waals surface area contributed by atoms with E-state index < -0.39 is 17.8 Å². The van der Waals surface area contributed by atoms with Crippen LogP contribution in [0, 0.1) is 5.82 Å². The first-order valence-corrected chi connectivity index (χ1v) is 6.72. The second-order valence-electron chi connectivity index (χ2n) is 4.89. The van der Waals surface area contributed by atoms with E-state index in [1.807, 2.05) is 0 Å². The lowest BCUT2D eigenvalue weighted by Crippen LogP contribution is -2.34. The highest BCUT2D eigenvalue weighted by Crippen LogP contribution is 2.36. The van der Waals surface area contributed by atoms with E-state index in [0.29, 0.717) is 17.1 Å². The molecular weight excluding hydrogens is 287 g/mol. The number of fused-ring (bicyclic) bond motifs is 1. The molecule has 0 radical (unpaired) electrons. The van der Waals surface area contributed by atoms with Gasteiger partial charge in [-0.2, -0.15) is 0 Å². The van der Waals surface area contributed by atoms with Crippen LogP contribution in [0.3, 0.4) is 0 Å². The molecule has 0 saturated heterocycles. The van der Waals surface area contributed by atoms with Crippen LogP contribution in [0.15, 0.2) is 42.5 Å². The number of ether oxygens (including phenoxy) is 1. The second kappa shape index (κ2) is 5.48. The number of rotatable bonds is 2. The first-order chi connectivity index (χ1) is 10.5. The van der Waals surface area contributed by atoms with Gasteiger partial charge in [0.15, 0.2) is 6.10 Å². The average molecular weight is 300 g/mol. The van der Waals surface area contributed by atoms with Gasteiger partial charge in [-0.3, -0.25) is 9.59 Å². The molecule has 0 fully saturated rings. The van der Waals surface area contributed by atoms with E-state index in [1.54, 1.807) is 25.1 Å². The number of anilines is 2. The summed E-state index contributed by atoms with van der Waals surface area (Å²) in [5, 5.41) is 5.34. The number of hydrogen-bond acceptors (Lipinski definition) is 3. The minimum absolute atomic E-state index is 0.189. The number of amides is 2. The van der Waals surface area contributed by atoms with E-state index in [9.17, 15) is 14.0 Å². The van der Waals surface area contributed by atoms with Crippen LogP contribution in [0.5, 0.6) is 5.75 Å². The largest absolute Gasteiger partial charge is 0.479 e. The predicted octanol–water partition coefficient (Wildman–Crippen LogP) is 2.80. The molecule has 22 heavy (non-hydrogen) atoms. The van der Waals surface area contributed by atoms with Crippen LogP contribution in [0.2, 0.25) is 0 Å². The van der Waals surface area contributed by atoms with Crippen LogP contribution in [0.25, 0.3) is 0 Å². The average Bonchev–Trinajstić information content (AvgIpc) is 2.49. The summed E-state index contributed by atoms with van der Waals surface area (Å²) in [6.07, 6.45) is -0.596. The summed E-state index contributed by atoms with van der Waals surface area (Å²) in [4.78, 5) is 23.9. The summed E-state index contributed by atoms with van der Waals surface area (Å²) in [5.74, 6) is -0.780. The molecule has 1 aliphatic heterocycles. The van der Waals surface area contributed by atoms with Gasteiger partial charge in [0.1, 0.15) is 17.3 Å². The third kappa shape index (κ3) is 2.63. The van der Waals surface area contributed by atoms with Gasteiger partial charge in [0.2, 0.25) is 0 Å². The topological polar surface area (TPSA) is 67.4 Å². The Balaban J connectivity index is 1.89. The van der Waals surface area contributed by atoms with Crippen molar-refractivity contribution in [1.82, 2.24) is 0 Å². The molecule has 2 N–H and O–H groups in total. The summed E-state index contributed by atoms with van der Waals surface area (Å²) in [6, 6.07) is 10.4. The van der Waals surface area contributed by atoms with Gasteiger partial charge in [0.05, 0.1) is 5.69 Å². The van der Waals surface area contributed by atoms with Gasteiger partial charge in [-0.1, -0.05) is 12.1 Å². The van der Waals surface area contributed by atoms with E-state index in [2.05, 4.69) is 10.6 Å². The number of benzene rings is 2. The summed E-state index contributed by atoms with van der Waals surface area (Å²) in [6.45, 7) is 1.64. The normalized spacial score (nSPS) is 16.3. The zero-order valence-corrected chi connectivity index (χ0v) is 11.7. The Labute approximate surface area is 126 Å². The zero-order chi connectivity index (χ0) is 15.7. The van der Waals surface area contributed by atoms with Gasteiger partial charge in [0.25, 0.3) is 11.8 Å². The highest BCUT2D eigenvalue weighted by atomic mass is 19.1. The van der Waals surface area contributed by atoms with Gasteiger partial charge in [-0.25, -0.2) is 4.39 Å². The van der Waals surface area contributed by atoms with E-state index >= 15 is 0 Å². The maximum Gasteiger partial charge on any atom is 0.265 e. The summed E-state index contributed by atoms with van der Waals surface area (Å²) in [7, 11) is 0. The molecule has 5 nitrogen and oxygen atoms in total. The Morgan fingerprint density at radius 3 is 2.82 bits per heavy atom. The zero-order valence-electron chi connectivity index (χ0n) is 11.7. The van der Waals surface area contributed by atoms with Gasteiger partial charge >= 0.3 is 0 Å². The molecule has 6 heteroatoms. The van der Waals surface area contributed by atoms with E-state index in [1.165, 1.54) is 18.2 Å². The maximum atomic E-state index is 13.2. The minimum atomic E-state index is -0.596. The Morgan fingerprint density at radius 2 is 2.05 bits per heavy atom. The third-order valence-corrected chi connectivity index (χ3v) is 3.28. The Hall–Kier alpha value is -2.89. The summed E-state index contributed by atoms with van der Waals surface area (Å²) < 4.78 is 18.6. The Bertz CT molecular complexity index is 761. The fraction of sp³-hybridized carbons (Fsp3) is 0.125. The molecule has 1 aliphatic rings. The predicted molar refractivity (Wildman–Crippen MR) is 79.5 cm³/mol. The molecular formula is C16H13FN2O3. The quantitative estimate of drug-likeness (QED) is 0.896. The van der Waals surface area contributed by atoms with Crippen LogP contribution < -0.4 is 15.4 Å². The van der Waals surface area contributed by atoms with Crippen LogP contribution >= 0.6 is 0 Å². The lowest BCUT2D eigenvalue weighted by molar-refractivity contribution is -0.122. The van der Waals surface area contributed by atoms with Crippen molar-refractivity contribution in [3.8, 4) is 5.75 Å². The van der Waals surface area contributed by atoms with Crippen molar-refractivity contribution in [1.29, 1.82) is 0 Å². The lowest BCUT2D eigenvalue weighted by atomic mass is 10.1. The van der Waals surface area contributed by atoms with Crippen molar-refractivity contribution < 1.29 is 18.7 Å². The van der Waals surface area contributed by atoms with E-state index in [-0.39, 0.29) is 11.5 Å². The van der Waals surface area contributed by atoms with Crippen molar-refractivity contribution in [3.63, 3.8) is 0 Å². The molecule has 0 bridgehead atoms. The number of nitrogens with one attached hydrogen (secondary N) is 2. The molecule has 2 amide bonds. The van der Waals surface area contributed by atoms with Crippen LogP contribution in [-0.2, 0) is 4.79 Å². The fourth-order valence-electron chi connectivity index (χ4n) is 2.16. The van der Waals surface area contributed by atoms with Crippen LogP contribution in [0.4, 0.5) is 15.8 Å². The summed E-state index contributed by atoms with van der Waals surface area (Å²) >= 11 is 0. The minimum Gasteiger partial charge on any atom is -0.479 e.